The van der Waals surface area contributed by atoms with Gasteiger partial charge in [-0.3, -0.25) is 0 Å². The van der Waals surface area contributed by atoms with Crippen molar-refractivity contribution >= 4 is 71.8 Å². The Bertz CT molecular complexity index is 676. The summed E-state index contributed by atoms with van der Waals surface area (Å²) < 4.78 is 27.4. The molecule has 0 aromatic carbocycles. The molecular formula is C10H8BrCl2NO2S3. The van der Waals surface area contributed by atoms with E-state index < -0.39 is 10.0 Å². The van der Waals surface area contributed by atoms with Gasteiger partial charge in [0.05, 0.1) is 13.1 Å². The van der Waals surface area contributed by atoms with E-state index in [2.05, 4.69) is 15.9 Å². The number of hydrogen-bond acceptors (Lipinski definition) is 4. The maximum atomic E-state index is 12.3. The number of nitrogens with zero attached hydrogens (tertiary/aromatic N) is 1. The number of rotatable bonds is 4. The van der Waals surface area contributed by atoms with Crippen LogP contribution >= 0.6 is 61.8 Å². The van der Waals surface area contributed by atoms with Gasteiger partial charge in [-0.15, -0.1) is 22.7 Å². The van der Waals surface area contributed by atoms with Gasteiger partial charge in [0.1, 0.15) is 4.21 Å². The predicted molar refractivity (Wildman–Crippen MR) is 85.0 cm³/mol. The Labute approximate surface area is 137 Å². The van der Waals surface area contributed by atoms with E-state index in [-0.39, 0.29) is 10.8 Å². The van der Waals surface area contributed by atoms with Crippen molar-refractivity contribution in [1.82, 2.24) is 4.31 Å². The summed E-state index contributed by atoms with van der Waals surface area (Å²) in [5, 5.41) is 0.399. The Balaban J connectivity index is 2.24. The Hall–Kier alpha value is 0.370. The van der Waals surface area contributed by atoms with Crippen LogP contribution in [0.2, 0.25) is 9.36 Å². The lowest BCUT2D eigenvalue weighted by Crippen LogP contribution is -2.25. The minimum atomic E-state index is -3.53. The standard InChI is InChI=1S/C10H8BrCl2NO2S3/c1-14(5-6-2-3-8(13)17-6)19(15,16)9-4-7(12)10(11)18-9/h2-4H,5H2,1H3. The second kappa shape index (κ2) is 6.01. The van der Waals surface area contributed by atoms with Gasteiger partial charge >= 0.3 is 0 Å². The van der Waals surface area contributed by atoms with Gasteiger partial charge in [0.25, 0.3) is 10.0 Å². The Morgan fingerprint density at radius 1 is 1.32 bits per heavy atom. The largest absolute Gasteiger partial charge is 0.252 e. The summed E-state index contributed by atoms with van der Waals surface area (Å²) in [6.07, 6.45) is 0. The zero-order valence-corrected chi connectivity index (χ0v) is 15.1. The molecule has 0 aliphatic heterocycles. The highest BCUT2D eigenvalue weighted by molar-refractivity contribution is 9.11. The van der Waals surface area contributed by atoms with Crippen LogP contribution in [-0.4, -0.2) is 19.8 Å². The SMILES string of the molecule is CN(Cc1ccc(Cl)s1)S(=O)(=O)c1cc(Cl)c(Br)s1. The maximum Gasteiger partial charge on any atom is 0.252 e. The molecule has 0 aliphatic carbocycles. The molecule has 19 heavy (non-hydrogen) atoms. The van der Waals surface area contributed by atoms with Gasteiger partial charge in [0.2, 0.25) is 0 Å². The van der Waals surface area contributed by atoms with Crippen LogP contribution in [0.1, 0.15) is 4.88 Å². The monoisotopic (exact) mass is 419 g/mol. The first-order chi connectivity index (χ1) is 8.80. The summed E-state index contributed by atoms with van der Waals surface area (Å²) in [5.74, 6) is 0. The topological polar surface area (TPSA) is 37.4 Å². The van der Waals surface area contributed by atoms with Crippen LogP contribution in [0.4, 0.5) is 0 Å². The normalized spacial score (nSPS) is 12.3. The Kier molecular flexibility index (Phi) is 4.98. The lowest BCUT2D eigenvalue weighted by molar-refractivity contribution is 0.471. The number of halogens is 3. The van der Waals surface area contributed by atoms with E-state index >= 15 is 0 Å². The van der Waals surface area contributed by atoms with Gasteiger partial charge < -0.3 is 0 Å². The molecule has 2 rings (SSSR count). The van der Waals surface area contributed by atoms with Gasteiger partial charge in [-0.05, 0) is 34.1 Å². The van der Waals surface area contributed by atoms with Crippen LogP contribution in [0, 0.1) is 0 Å². The third-order valence-electron chi connectivity index (χ3n) is 2.29. The minimum absolute atomic E-state index is 0.217. The van der Waals surface area contributed by atoms with Crippen LogP contribution in [0.15, 0.2) is 26.2 Å². The number of hydrogen-bond donors (Lipinski definition) is 0. The highest BCUT2D eigenvalue weighted by Crippen LogP contribution is 2.36. The van der Waals surface area contributed by atoms with E-state index in [0.29, 0.717) is 13.1 Å². The number of sulfonamides is 1. The molecule has 0 atom stereocenters. The first-order valence-electron chi connectivity index (χ1n) is 4.96. The van der Waals surface area contributed by atoms with Crippen molar-refractivity contribution in [3.8, 4) is 0 Å². The van der Waals surface area contributed by atoms with E-state index in [4.69, 9.17) is 23.2 Å². The Morgan fingerprint density at radius 3 is 2.47 bits per heavy atom. The molecule has 0 aliphatic rings. The predicted octanol–water partition coefficient (Wildman–Crippen LogP) is 4.70. The quantitative estimate of drug-likeness (QED) is 0.718. The first-order valence-corrected chi connectivity index (χ1v) is 9.58. The second-order valence-electron chi connectivity index (χ2n) is 3.65. The molecule has 0 saturated carbocycles. The molecule has 2 heterocycles. The van der Waals surface area contributed by atoms with Crippen molar-refractivity contribution in [3.63, 3.8) is 0 Å². The van der Waals surface area contributed by atoms with Crippen molar-refractivity contribution in [2.45, 2.75) is 10.8 Å². The highest BCUT2D eigenvalue weighted by Gasteiger charge is 2.24. The summed E-state index contributed by atoms with van der Waals surface area (Å²) >= 11 is 17.4. The van der Waals surface area contributed by atoms with E-state index in [1.165, 1.54) is 28.8 Å². The summed E-state index contributed by atoms with van der Waals surface area (Å²) in [6, 6.07) is 5.01. The van der Waals surface area contributed by atoms with E-state index in [0.717, 1.165) is 16.2 Å². The average Bonchev–Trinajstić information content (AvgIpc) is 2.87. The molecule has 0 amide bonds. The molecule has 3 nitrogen and oxygen atoms in total. The van der Waals surface area contributed by atoms with Crippen LogP contribution in [0.25, 0.3) is 0 Å². The van der Waals surface area contributed by atoms with Gasteiger partial charge in [-0.1, -0.05) is 23.2 Å². The number of thiophene rings is 2. The molecule has 0 spiro atoms. The fourth-order valence-electron chi connectivity index (χ4n) is 1.35. The van der Waals surface area contributed by atoms with Crippen LogP contribution < -0.4 is 0 Å². The Morgan fingerprint density at radius 2 is 2.00 bits per heavy atom. The van der Waals surface area contributed by atoms with Gasteiger partial charge in [0, 0.05) is 18.5 Å². The summed E-state index contributed by atoms with van der Waals surface area (Å²) in [4.78, 5) is 0.887. The molecule has 0 saturated heterocycles. The fourth-order valence-corrected chi connectivity index (χ4v) is 6.33. The van der Waals surface area contributed by atoms with Crippen LogP contribution in [0.5, 0.6) is 0 Å². The molecule has 2 aromatic rings. The molecule has 0 radical (unpaired) electrons. The molecule has 9 heteroatoms. The molecule has 0 unspecified atom stereocenters. The molecule has 2 aromatic heterocycles. The first kappa shape index (κ1) is 15.8. The zero-order valence-electron chi connectivity index (χ0n) is 9.56. The molecular weight excluding hydrogens is 413 g/mol. The van der Waals surface area contributed by atoms with Crippen LogP contribution in [0.3, 0.4) is 0 Å². The van der Waals surface area contributed by atoms with Gasteiger partial charge in [-0.25, -0.2) is 8.42 Å². The van der Waals surface area contributed by atoms with Gasteiger partial charge in [-0.2, -0.15) is 4.31 Å². The van der Waals surface area contributed by atoms with Crippen molar-refractivity contribution in [2.75, 3.05) is 7.05 Å². The van der Waals surface area contributed by atoms with E-state index in [1.807, 2.05) is 6.07 Å². The van der Waals surface area contributed by atoms with Crippen molar-refractivity contribution in [3.05, 3.63) is 36.2 Å². The van der Waals surface area contributed by atoms with Gasteiger partial charge in [0.15, 0.2) is 0 Å². The molecule has 0 N–H and O–H groups in total. The van der Waals surface area contributed by atoms with Crippen molar-refractivity contribution < 1.29 is 8.42 Å². The maximum absolute atomic E-state index is 12.3. The average molecular weight is 421 g/mol. The summed E-state index contributed by atoms with van der Waals surface area (Å²) in [6.45, 7) is 0.285. The van der Waals surface area contributed by atoms with E-state index in [9.17, 15) is 8.42 Å². The molecule has 0 bridgehead atoms. The fraction of sp³-hybridized carbons (Fsp3) is 0.200. The third kappa shape index (κ3) is 3.53. The summed E-state index contributed by atoms with van der Waals surface area (Å²) in [7, 11) is -2.00. The van der Waals surface area contributed by atoms with Crippen LogP contribution in [-0.2, 0) is 16.6 Å². The highest BCUT2D eigenvalue weighted by atomic mass is 79.9. The van der Waals surface area contributed by atoms with Crippen molar-refractivity contribution in [2.24, 2.45) is 0 Å². The lowest BCUT2D eigenvalue weighted by atomic mass is 10.5. The van der Waals surface area contributed by atoms with E-state index in [1.54, 1.807) is 6.07 Å². The second-order valence-corrected chi connectivity index (χ2v) is 10.5. The summed E-state index contributed by atoms with van der Waals surface area (Å²) in [5.41, 5.74) is 0. The minimum Gasteiger partial charge on any atom is -0.206 e. The van der Waals surface area contributed by atoms with Crippen molar-refractivity contribution in [1.29, 1.82) is 0 Å². The lowest BCUT2D eigenvalue weighted by Gasteiger charge is -2.14. The zero-order chi connectivity index (χ0) is 14.2. The molecule has 104 valence electrons. The molecule has 0 fully saturated rings. The third-order valence-corrected chi connectivity index (χ3v) is 8.24. The smallest absolute Gasteiger partial charge is 0.206 e.